The molecule has 0 amide bonds. The second-order valence-corrected chi connectivity index (χ2v) is 8.44. The van der Waals surface area contributed by atoms with Crippen LogP contribution < -0.4 is 10.1 Å². The first-order chi connectivity index (χ1) is 15.6. The van der Waals surface area contributed by atoms with E-state index in [9.17, 15) is 0 Å². The standard InChI is InChI=1S/C25H24N6O/c1-15(2)22-14-28-31-24(29-19-7-16-5-6-21(32-4)10-17(16)8-19)11-23(30-25(22)31)18-9-20(26-3)13-27-12-18/h5-6,9-15,19,29H,7-8H2,1-2,4H3. The SMILES string of the molecule is [C-]#[N+]c1cncc(-c2cc(NC3Cc4ccc(OC)cc4C3)n3ncc(C(C)C)c3n2)c1. The second kappa shape index (κ2) is 7.97. The third kappa shape index (κ3) is 3.54. The van der Waals surface area contributed by atoms with Gasteiger partial charge in [0.15, 0.2) is 5.65 Å². The highest BCUT2D eigenvalue weighted by molar-refractivity contribution is 5.70. The fraction of sp³-hybridized carbons (Fsp3) is 0.280. The van der Waals surface area contributed by atoms with E-state index in [1.807, 2.05) is 28.9 Å². The van der Waals surface area contributed by atoms with E-state index < -0.39 is 0 Å². The molecule has 4 aromatic rings. The fourth-order valence-electron chi connectivity index (χ4n) is 4.30. The van der Waals surface area contributed by atoms with Gasteiger partial charge in [0, 0.05) is 35.6 Å². The number of methoxy groups -OCH3 is 1. The molecule has 7 nitrogen and oxygen atoms in total. The molecule has 0 bridgehead atoms. The summed E-state index contributed by atoms with van der Waals surface area (Å²) in [5.74, 6) is 2.06. The molecule has 1 aromatic carbocycles. The quantitative estimate of drug-likeness (QED) is 0.454. The Balaban J connectivity index is 1.55. The number of ether oxygens (including phenoxy) is 1. The number of anilines is 1. The highest BCUT2D eigenvalue weighted by Gasteiger charge is 2.24. The van der Waals surface area contributed by atoms with Crippen LogP contribution in [0.15, 0.2) is 48.9 Å². The first kappa shape index (κ1) is 20.0. The van der Waals surface area contributed by atoms with Crippen LogP contribution in [-0.4, -0.2) is 32.7 Å². The van der Waals surface area contributed by atoms with E-state index in [0.717, 1.165) is 46.9 Å². The van der Waals surface area contributed by atoms with Gasteiger partial charge in [-0.2, -0.15) is 9.61 Å². The first-order valence-corrected chi connectivity index (χ1v) is 10.7. The molecule has 0 saturated carbocycles. The molecule has 7 heteroatoms. The Morgan fingerprint density at radius 2 is 1.97 bits per heavy atom. The number of nitrogens with zero attached hydrogens (tertiary/aromatic N) is 5. The molecule has 0 spiro atoms. The van der Waals surface area contributed by atoms with Crippen molar-refractivity contribution in [3.8, 4) is 17.0 Å². The molecule has 1 atom stereocenters. The van der Waals surface area contributed by atoms with Crippen molar-refractivity contribution in [3.63, 3.8) is 0 Å². The molecule has 0 radical (unpaired) electrons. The number of aromatic nitrogens is 4. The van der Waals surface area contributed by atoms with Gasteiger partial charge in [-0.15, -0.1) is 0 Å². The van der Waals surface area contributed by atoms with Crippen LogP contribution in [0.25, 0.3) is 21.7 Å². The summed E-state index contributed by atoms with van der Waals surface area (Å²) < 4.78 is 7.27. The Labute approximate surface area is 186 Å². The molecular formula is C25H24N6O. The van der Waals surface area contributed by atoms with Gasteiger partial charge in [-0.25, -0.2) is 9.83 Å². The predicted octanol–water partition coefficient (Wildman–Crippen LogP) is 5.05. The largest absolute Gasteiger partial charge is 0.497 e. The number of rotatable bonds is 5. The van der Waals surface area contributed by atoms with Gasteiger partial charge in [0.25, 0.3) is 0 Å². The molecular weight excluding hydrogens is 400 g/mol. The van der Waals surface area contributed by atoms with Crippen molar-refractivity contribution in [3.05, 3.63) is 77.0 Å². The Bertz CT molecular complexity index is 1350. The van der Waals surface area contributed by atoms with E-state index in [1.54, 1.807) is 19.5 Å². The Morgan fingerprint density at radius 1 is 1.12 bits per heavy atom. The van der Waals surface area contributed by atoms with Crippen LogP contribution in [-0.2, 0) is 12.8 Å². The number of pyridine rings is 1. The fourth-order valence-corrected chi connectivity index (χ4v) is 4.30. The van der Waals surface area contributed by atoms with Crippen LogP contribution in [0.5, 0.6) is 5.75 Å². The van der Waals surface area contributed by atoms with Gasteiger partial charge in [-0.1, -0.05) is 19.9 Å². The average molecular weight is 425 g/mol. The van der Waals surface area contributed by atoms with Crippen LogP contribution in [0.2, 0.25) is 0 Å². The van der Waals surface area contributed by atoms with E-state index >= 15 is 0 Å². The summed E-state index contributed by atoms with van der Waals surface area (Å²) in [6, 6.07) is 10.4. The van der Waals surface area contributed by atoms with Gasteiger partial charge in [-0.3, -0.25) is 4.98 Å². The predicted molar refractivity (Wildman–Crippen MR) is 124 cm³/mol. The third-order valence-electron chi connectivity index (χ3n) is 5.97. The lowest BCUT2D eigenvalue weighted by molar-refractivity contribution is 0.414. The number of hydrogen-bond acceptors (Lipinski definition) is 5. The Kier molecular flexibility index (Phi) is 4.98. The van der Waals surface area contributed by atoms with Crippen molar-refractivity contribution in [1.82, 2.24) is 19.6 Å². The topological polar surface area (TPSA) is 68.7 Å². The highest BCUT2D eigenvalue weighted by Crippen LogP contribution is 2.31. The molecule has 1 aliphatic carbocycles. The smallest absolute Gasteiger partial charge is 0.205 e. The summed E-state index contributed by atoms with van der Waals surface area (Å²) >= 11 is 0. The zero-order valence-electron chi connectivity index (χ0n) is 18.3. The van der Waals surface area contributed by atoms with Gasteiger partial charge in [0.05, 0.1) is 25.6 Å². The lowest BCUT2D eigenvalue weighted by Crippen LogP contribution is -2.21. The molecule has 160 valence electrons. The molecule has 0 fully saturated rings. The van der Waals surface area contributed by atoms with Crippen molar-refractivity contribution in [2.45, 2.75) is 38.6 Å². The normalized spacial score (nSPS) is 15.0. The average Bonchev–Trinajstić information content (AvgIpc) is 3.42. The monoisotopic (exact) mass is 424 g/mol. The molecule has 0 saturated heterocycles. The molecule has 3 heterocycles. The minimum atomic E-state index is 0.245. The van der Waals surface area contributed by atoms with Crippen LogP contribution in [0.3, 0.4) is 0 Å². The van der Waals surface area contributed by atoms with Crippen LogP contribution in [0.1, 0.15) is 36.5 Å². The van der Waals surface area contributed by atoms with Crippen LogP contribution in [0.4, 0.5) is 11.5 Å². The van der Waals surface area contributed by atoms with Gasteiger partial charge in [-0.05, 0) is 48.1 Å². The maximum atomic E-state index is 7.31. The maximum Gasteiger partial charge on any atom is 0.205 e. The van der Waals surface area contributed by atoms with Gasteiger partial charge < -0.3 is 10.1 Å². The summed E-state index contributed by atoms with van der Waals surface area (Å²) in [6.07, 6.45) is 7.06. The minimum Gasteiger partial charge on any atom is -0.497 e. The van der Waals surface area contributed by atoms with Gasteiger partial charge in [0.2, 0.25) is 5.69 Å². The number of benzene rings is 1. The molecule has 1 aliphatic rings. The molecule has 1 unspecified atom stereocenters. The van der Waals surface area contributed by atoms with Crippen molar-refractivity contribution in [1.29, 1.82) is 0 Å². The maximum absolute atomic E-state index is 7.31. The number of nitrogens with one attached hydrogen (secondary N) is 1. The van der Waals surface area contributed by atoms with E-state index in [2.05, 4.69) is 46.2 Å². The second-order valence-electron chi connectivity index (χ2n) is 8.44. The summed E-state index contributed by atoms with van der Waals surface area (Å²) in [4.78, 5) is 12.6. The lowest BCUT2D eigenvalue weighted by Gasteiger charge is -2.16. The third-order valence-corrected chi connectivity index (χ3v) is 5.97. The molecule has 5 rings (SSSR count). The zero-order chi connectivity index (χ0) is 22.2. The van der Waals surface area contributed by atoms with E-state index in [1.165, 1.54) is 11.1 Å². The van der Waals surface area contributed by atoms with E-state index in [4.69, 9.17) is 16.3 Å². The van der Waals surface area contributed by atoms with E-state index in [-0.39, 0.29) is 6.04 Å². The zero-order valence-corrected chi connectivity index (χ0v) is 18.3. The Morgan fingerprint density at radius 3 is 2.75 bits per heavy atom. The number of hydrogen-bond donors (Lipinski definition) is 1. The van der Waals surface area contributed by atoms with Crippen molar-refractivity contribution >= 4 is 17.2 Å². The highest BCUT2D eigenvalue weighted by atomic mass is 16.5. The van der Waals surface area contributed by atoms with Crippen molar-refractivity contribution < 1.29 is 4.74 Å². The van der Waals surface area contributed by atoms with Gasteiger partial charge in [0.1, 0.15) is 11.6 Å². The minimum absolute atomic E-state index is 0.245. The molecule has 32 heavy (non-hydrogen) atoms. The van der Waals surface area contributed by atoms with Crippen LogP contribution in [0, 0.1) is 6.57 Å². The summed E-state index contributed by atoms with van der Waals surface area (Å²) in [7, 11) is 1.70. The Hall–Kier alpha value is -3.92. The molecule has 1 N–H and O–H groups in total. The van der Waals surface area contributed by atoms with E-state index in [0.29, 0.717) is 11.6 Å². The van der Waals surface area contributed by atoms with Crippen molar-refractivity contribution in [2.24, 2.45) is 0 Å². The van der Waals surface area contributed by atoms with Crippen LogP contribution >= 0.6 is 0 Å². The molecule has 3 aromatic heterocycles. The summed E-state index contributed by atoms with van der Waals surface area (Å²) in [6.45, 7) is 11.6. The lowest BCUT2D eigenvalue weighted by atomic mass is 10.1. The molecule has 0 aliphatic heterocycles. The summed E-state index contributed by atoms with van der Waals surface area (Å²) in [5.41, 5.74) is 6.65. The number of fused-ring (bicyclic) bond motifs is 2. The van der Waals surface area contributed by atoms with Crippen molar-refractivity contribution in [2.75, 3.05) is 12.4 Å². The summed E-state index contributed by atoms with van der Waals surface area (Å²) in [5, 5.41) is 8.33. The van der Waals surface area contributed by atoms with Gasteiger partial charge >= 0.3 is 0 Å². The first-order valence-electron chi connectivity index (χ1n) is 10.7.